The van der Waals surface area contributed by atoms with Crippen LogP contribution in [0.25, 0.3) is 0 Å². The van der Waals surface area contributed by atoms with Crippen molar-refractivity contribution < 1.29 is 0 Å². The van der Waals surface area contributed by atoms with E-state index in [1.54, 1.807) is 0 Å². The zero-order valence-electron chi connectivity index (χ0n) is 10.7. The lowest BCUT2D eigenvalue weighted by Gasteiger charge is -2.16. The van der Waals surface area contributed by atoms with Crippen LogP contribution in [-0.4, -0.2) is 24.1 Å². The lowest BCUT2D eigenvalue weighted by Crippen LogP contribution is -2.18. The first-order valence-corrected chi connectivity index (χ1v) is 6.57. The molecule has 0 radical (unpaired) electrons. The Morgan fingerprint density at radius 3 is 2.41 bits per heavy atom. The van der Waals surface area contributed by atoms with Gasteiger partial charge >= 0.3 is 0 Å². The van der Waals surface area contributed by atoms with Crippen LogP contribution in [-0.2, 0) is 0 Å². The molecule has 2 fully saturated rings. The largest absolute Gasteiger partial charge is 0.357 e. The summed E-state index contributed by atoms with van der Waals surface area (Å²) in [5.74, 6) is 1.61. The van der Waals surface area contributed by atoms with Gasteiger partial charge in [-0.3, -0.25) is 0 Å². The molecule has 1 aromatic heterocycles. The fourth-order valence-electron chi connectivity index (χ4n) is 3.03. The average molecular weight is 231 g/mol. The lowest BCUT2D eigenvalue weighted by molar-refractivity contribution is 0.598. The van der Waals surface area contributed by atoms with Crippen LogP contribution in [0.3, 0.4) is 0 Å². The van der Waals surface area contributed by atoms with E-state index in [0.29, 0.717) is 12.0 Å². The van der Waals surface area contributed by atoms with Crippen molar-refractivity contribution in [1.82, 2.24) is 4.98 Å². The van der Waals surface area contributed by atoms with E-state index in [1.807, 2.05) is 6.20 Å². The SMILES string of the molecule is CC1(C)C(N)C1c1ccc(N2CCCC2)nc1. The molecule has 0 spiro atoms. The minimum absolute atomic E-state index is 0.247. The molecule has 2 N–H and O–H groups in total. The monoisotopic (exact) mass is 231 g/mol. The Morgan fingerprint density at radius 1 is 1.29 bits per heavy atom. The van der Waals surface area contributed by atoms with Crippen molar-refractivity contribution in [1.29, 1.82) is 0 Å². The normalized spacial score (nSPS) is 30.6. The molecular formula is C14H21N3. The van der Waals surface area contributed by atoms with Gasteiger partial charge in [0.05, 0.1) is 0 Å². The molecule has 92 valence electrons. The van der Waals surface area contributed by atoms with Crippen LogP contribution in [0.15, 0.2) is 18.3 Å². The van der Waals surface area contributed by atoms with Crippen LogP contribution < -0.4 is 10.6 Å². The maximum atomic E-state index is 6.10. The maximum Gasteiger partial charge on any atom is 0.128 e. The first kappa shape index (κ1) is 11.0. The van der Waals surface area contributed by atoms with Crippen molar-refractivity contribution in [2.24, 2.45) is 11.1 Å². The second-order valence-corrected chi connectivity index (χ2v) is 5.97. The smallest absolute Gasteiger partial charge is 0.128 e. The molecule has 2 heterocycles. The van der Waals surface area contributed by atoms with Gasteiger partial charge in [0.2, 0.25) is 0 Å². The fraction of sp³-hybridized carbons (Fsp3) is 0.643. The maximum absolute atomic E-state index is 6.10. The fourth-order valence-corrected chi connectivity index (χ4v) is 3.03. The molecule has 0 amide bonds. The van der Waals surface area contributed by atoms with Gasteiger partial charge in [0, 0.05) is 31.2 Å². The third-order valence-electron chi connectivity index (χ3n) is 4.47. The van der Waals surface area contributed by atoms with Gasteiger partial charge in [-0.2, -0.15) is 0 Å². The summed E-state index contributed by atoms with van der Waals surface area (Å²) in [6, 6.07) is 4.66. The van der Waals surface area contributed by atoms with Crippen molar-refractivity contribution in [2.45, 2.75) is 38.6 Å². The summed E-state index contributed by atoms with van der Waals surface area (Å²) in [6.45, 7) is 6.77. The van der Waals surface area contributed by atoms with Gasteiger partial charge in [0.15, 0.2) is 0 Å². The standard InChI is InChI=1S/C14H21N3/c1-14(2)12(13(14)15)10-5-6-11(16-9-10)17-7-3-4-8-17/h5-6,9,12-13H,3-4,7-8,15H2,1-2H3. The van der Waals surface area contributed by atoms with Gasteiger partial charge in [-0.1, -0.05) is 19.9 Å². The Bertz CT molecular complexity index is 404. The number of hydrogen-bond acceptors (Lipinski definition) is 3. The van der Waals surface area contributed by atoms with Crippen LogP contribution >= 0.6 is 0 Å². The molecule has 2 aliphatic rings. The molecule has 17 heavy (non-hydrogen) atoms. The molecule has 2 atom stereocenters. The molecule has 3 nitrogen and oxygen atoms in total. The first-order valence-electron chi connectivity index (χ1n) is 6.57. The quantitative estimate of drug-likeness (QED) is 0.848. The number of pyridine rings is 1. The molecule has 0 aromatic carbocycles. The predicted molar refractivity (Wildman–Crippen MR) is 70.2 cm³/mol. The zero-order valence-corrected chi connectivity index (χ0v) is 10.7. The highest BCUT2D eigenvalue weighted by atomic mass is 15.2. The highest BCUT2D eigenvalue weighted by molar-refractivity contribution is 5.43. The van der Waals surface area contributed by atoms with E-state index in [9.17, 15) is 0 Å². The summed E-state index contributed by atoms with van der Waals surface area (Å²) in [5, 5.41) is 0. The predicted octanol–water partition coefficient (Wildman–Crippen LogP) is 2.13. The lowest BCUT2D eigenvalue weighted by atomic mass is 10.1. The van der Waals surface area contributed by atoms with Gasteiger partial charge < -0.3 is 10.6 Å². The van der Waals surface area contributed by atoms with Crippen LogP contribution in [0.5, 0.6) is 0 Å². The molecule has 0 bridgehead atoms. The van der Waals surface area contributed by atoms with Crippen molar-refractivity contribution >= 4 is 5.82 Å². The Hall–Kier alpha value is -1.09. The van der Waals surface area contributed by atoms with E-state index in [0.717, 1.165) is 18.9 Å². The molecule has 1 aromatic rings. The topological polar surface area (TPSA) is 42.1 Å². The summed E-state index contributed by atoms with van der Waals surface area (Å²) < 4.78 is 0. The second kappa shape index (κ2) is 3.70. The molecule has 1 saturated carbocycles. The first-order chi connectivity index (χ1) is 8.10. The number of anilines is 1. The molecule has 2 unspecified atom stereocenters. The van der Waals surface area contributed by atoms with Gasteiger partial charge in [0.1, 0.15) is 5.82 Å². The van der Waals surface area contributed by atoms with E-state index < -0.39 is 0 Å². The van der Waals surface area contributed by atoms with Crippen LogP contribution in [0.1, 0.15) is 38.2 Å². The molecule has 3 rings (SSSR count). The second-order valence-electron chi connectivity index (χ2n) is 5.97. The van der Waals surface area contributed by atoms with Crippen molar-refractivity contribution in [3.8, 4) is 0 Å². The molecule has 3 heteroatoms. The van der Waals surface area contributed by atoms with E-state index in [1.165, 1.54) is 18.4 Å². The molecule has 1 saturated heterocycles. The van der Waals surface area contributed by atoms with E-state index in [-0.39, 0.29) is 5.41 Å². The van der Waals surface area contributed by atoms with Crippen LogP contribution in [0.4, 0.5) is 5.82 Å². The van der Waals surface area contributed by atoms with Gasteiger partial charge in [-0.15, -0.1) is 0 Å². The Kier molecular flexibility index (Phi) is 2.40. The number of nitrogens with zero attached hydrogens (tertiary/aromatic N) is 2. The Balaban J connectivity index is 1.77. The van der Waals surface area contributed by atoms with E-state index in [2.05, 4.69) is 35.9 Å². The number of hydrogen-bond donors (Lipinski definition) is 1. The summed E-state index contributed by atoms with van der Waals surface area (Å²) in [4.78, 5) is 6.96. The minimum atomic E-state index is 0.247. The van der Waals surface area contributed by atoms with Crippen molar-refractivity contribution in [3.05, 3.63) is 23.9 Å². The summed E-state index contributed by atoms with van der Waals surface area (Å²) in [7, 11) is 0. The zero-order chi connectivity index (χ0) is 12.0. The number of rotatable bonds is 2. The summed E-state index contributed by atoms with van der Waals surface area (Å²) in [6.07, 6.45) is 4.61. The number of aromatic nitrogens is 1. The Labute approximate surface area is 103 Å². The van der Waals surface area contributed by atoms with Gasteiger partial charge in [-0.25, -0.2) is 4.98 Å². The molecular weight excluding hydrogens is 210 g/mol. The molecule has 1 aliphatic heterocycles. The van der Waals surface area contributed by atoms with E-state index >= 15 is 0 Å². The third kappa shape index (κ3) is 1.73. The number of nitrogens with two attached hydrogens (primary N) is 1. The third-order valence-corrected chi connectivity index (χ3v) is 4.47. The highest BCUT2D eigenvalue weighted by Crippen LogP contribution is 2.57. The highest BCUT2D eigenvalue weighted by Gasteiger charge is 2.56. The van der Waals surface area contributed by atoms with Crippen LogP contribution in [0.2, 0.25) is 0 Å². The summed E-state index contributed by atoms with van der Waals surface area (Å²) in [5.41, 5.74) is 7.64. The minimum Gasteiger partial charge on any atom is -0.357 e. The van der Waals surface area contributed by atoms with Gasteiger partial charge in [0.25, 0.3) is 0 Å². The summed E-state index contributed by atoms with van der Waals surface area (Å²) >= 11 is 0. The van der Waals surface area contributed by atoms with E-state index in [4.69, 9.17) is 5.73 Å². The van der Waals surface area contributed by atoms with Crippen molar-refractivity contribution in [3.63, 3.8) is 0 Å². The van der Waals surface area contributed by atoms with Crippen molar-refractivity contribution in [2.75, 3.05) is 18.0 Å². The Morgan fingerprint density at radius 2 is 1.94 bits per heavy atom. The van der Waals surface area contributed by atoms with Crippen LogP contribution in [0, 0.1) is 5.41 Å². The average Bonchev–Trinajstić information content (AvgIpc) is 2.77. The van der Waals surface area contributed by atoms with Gasteiger partial charge in [-0.05, 0) is 29.9 Å². The molecule has 1 aliphatic carbocycles.